The molecule has 0 spiro atoms. The molecule has 27 heavy (non-hydrogen) atoms. The van der Waals surface area contributed by atoms with E-state index in [0.717, 1.165) is 22.6 Å². The quantitative estimate of drug-likeness (QED) is 0.843. The fourth-order valence-corrected chi connectivity index (χ4v) is 3.14. The van der Waals surface area contributed by atoms with Crippen LogP contribution >= 0.6 is 0 Å². The van der Waals surface area contributed by atoms with Crippen LogP contribution in [0.2, 0.25) is 0 Å². The van der Waals surface area contributed by atoms with Gasteiger partial charge in [-0.05, 0) is 36.1 Å². The lowest BCUT2D eigenvalue weighted by molar-refractivity contribution is -0.134. The molecule has 0 radical (unpaired) electrons. The molecule has 7 heteroatoms. The van der Waals surface area contributed by atoms with Crippen LogP contribution in [0.5, 0.6) is 0 Å². The highest BCUT2D eigenvalue weighted by atomic mass is 19.2. The number of amides is 2. The average Bonchev–Trinajstić information content (AvgIpc) is 3.03. The third kappa shape index (κ3) is 4.31. The predicted molar refractivity (Wildman–Crippen MR) is 92.8 cm³/mol. The van der Waals surface area contributed by atoms with E-state index >= 15 is 0 Å². The molecular weight excluding hydrogens is 356 g/mol. The molecule has 0 saturated carbocycles. The van der Waals surface area contributed by atoms with Gasteiger partial charge in [0.15, 0.2) is 11.6 Å². The van der Waals surface area contributed by atoms with Crippen molar-refractivity contribution in [3.8, 4) is 0 Å². The molecule has 0 unspecified atom stereocenters. The van der Waals surface area contributed by atoms with Gasteiger partial charge in [-0.1, -0.05) is 36.4 Å². The average molecular weight is 375 g/mol. The second kappa shape index (κ2) is 8.26. The maximum absolute atomic E-state index is 13.4. The molecule has 1 fully saturated rings. The summed E-state index contributed by atoms with van der Waals surface area (Å²) in [5.41, 5.74) is 1.30. The first-order valence-electron chi connectivity index (χ1n) is 8.58. The van der Waals surface area contributed by atoms with Gasteiger partial charge in [0, 0.05) is 0 Å². The van der Waals surface area contributed by atoms with E-state index < -0.39 is 42.2 Å². The highest BCUT2D eigenvalue weighted by Gasteiger charge is 2.40. The molecule has 2 atom stereocenters. The van der Waals surface area contributed by atoms with E-state index in [9.17, 15) is 23.5 Å². The number of halogens is 2. The van der Waals surface area contributed by atoms with Crippen LogP contribution in [0, 0.1) is 17.6 Å². The molecule has 0 aromatic heterocycles. The molecule has 1 aliphatic rings. The number of cyclic esters (lactones) is 1. The number of hydrogen-bond donors (Lipinski definition) is 1. The van der Waals surface area contributed by atoms with Crippen molar-refractivity contribution in [3.05, 3.63) is 71.3 Å². The van der Waals surface area contributed by atoms with Crippen molar-refractivity contribution in [3.63, 3.8) is 0 Å². The van der Waals surface area contributed by atoms with Gasteiger partial charge in [0.25, 0.3) is 0 Å². The van der Waals surface area contributed by atoms with Crippen LogP contribution in [0.25, 0.3) is 0 Å². The molecule has 2 amide bonds. The Labute approximate surface area is 155 Å². The number of aliphatic hydroxyl groups is 1. The van der Waals surface area contributed by atoms with E-state index in [-0.39, 0.29) is 13.0 Å². The van der Waals surface area contributed by atoms with Crippen LogP contribution in [-0.2, 0) is 22.4 Å². The Morgan fingerprint density at radius 3 is 2.56 bits per heavy atom. The molecule has 2 aromatic rings. The van der Waals surface area contributed by atoms with Crippen LogP contribution in [0.3, 0.4) is 0 Å². The van der Waals surface area contributed by atoms with Crippen LogP contribution in [0.4, 0.5) is 13.6 Å². The Bertz CT molecular complexity index is 828. The van der Waals surface area contributed by atoms with Crippen molar-refractivity contribution >= 4 is 12.0 Å². The van der Waals surface area contributed by atoms with Gasteiger partial charge in [-0.2, -0.15) is 0 Å². The molecule has 0 aliphatic carbocycles. The number of carbonyl (C=O) groups excluding carboxylic acids is 2. The molecule has 5 nitrogen and oxygen atoms in total. The lowest BCUT2D eigenvalue weighted by atomic mass is 9.97. The van der Waals surface area contributed by atoms with E-state index in [1.54, 1.807) is 0 Å². The highest BCUT2D eigenvalue weighted by molar-refractivity contribution is 5.95. The number of imide groups is 1. The van der Waals surface area contributed by atoms with Gasteiger partial charge in [0.2, 0.25) is 5.91 Å². The van der Waals surface area contributed by atoms with Crippen molar-refractivity contribution in [1.82, 2.24) is 4.90 Å². The largest absolute Gasteiger partial charge is 0.447 e. The summed E-state index contributed by atoms with van der Waals surface area (Å²) >= 11 is 0. The topological polar surface area (TPSA) is 66.8 Å². The Kier molecular flexibility index (Phi) is 5.81. The maximum atomic E-state index is 13.4. The fraction of sp³-hybridized carbons (Fsp3) is 0.300. The van der Waals surface area contributed by atoms with Crippen molar-refractivity contribution in [2.24, 2.45) is 5.92 Å². The molecule has 2 aromatic carbocycles. The summed E-state index contributed by atoms with van der Waals surface area (Å²) in [5, 5.41) is 9.64. The lowest BCUT2D eigenvalue weighted by Gasteiger charge is -2.24. The molecule has 1 heterocycles. The zero-order valence-electron chi connectivity index (χ0n) is 14.5. The summed E-state index contributed by atoms with van der Waals surface area (Å²) in [7, 11) is 0. The van der Waals surface area contributed by atoms with Crippen LogP contribution in [0.1, 0.15) is 11.1 Å². The number of aliphatic hydroxyl groups excluding tert-OH is 1. The van der Waals surface area contributed by atoms with E-state index in [4.69, 9.17) is 4.74 Å². The fourth-order valence-electron chi connectivity index (χ4n) is 3.14. The van der Waals surface area contributed by atoms with Gasteiger partial charge >= 0.3 is 6.09 Å². The summed E-state index contributed by atoms with van der Waals surface area (Å²) in [5.74, 6) is -3.57. The van der Waals surface area contributed by atoms with Crippen LogP contribution in [-0.4, -0.2) is 41.3 Å². The minimum atomic E-state index is -1.03. The first kappa shape index (κ1) is 19.0. The summed E-state index contributed by atoms with van der Waals surface area (Å²) in [6.45, 7) is -0.456. The number of ether oxygens (including phenoxy) is 1. The van der Waals surface area contributed by atoms with Crippen LogP contribution in [0.15, 0.2) is 48.5 Å². The predicted octanol–water partition coefficient (Wildman–Crippen LogP) is 2.71. The van der Waals surface area contributed by atoms with E-state index in [1.807, 2.05) is 30.3 Å². The first-order chi connectivity index (χ1) is 13.0. The SMILES string of the molecule is O=C1OC[C@@H](Cc2ccccc2)N1C(=O)[C@@H](CO)Cc1ccc(F)c(F)c1. The minimum absolute atomic E-state index is 0.0195. The third-order valence-corrected chi connectivity index (χ3v) is 4.55. The van der Waals surface area contributed by atoms with Crippen molar-refractivity contribution < 1.29 is 28.2 Å². The Hall–Kier alpha value is -2.80. The molecule has 1 aliphatic heterocycles. The minimum Gasteiger partial charge on any atom is -0.447 e. The van der Waals surface area contributed by atoms with Gasteiger partial charge in [0.1, 0.15) is 6.61 Å². The maximum Gasteiger partial charge on any atom is 0.416 e. The number of hydrogen-bond acceptors (Lipinski definition) is 4. The smallest absolute Gasteiger partial charge is 0.416 e. The summed E-state index contributed by atoms with van der Waals surface area (Å²) in [6.07, 6.45) is -0.347. The summed E-state index contributed by atoms with van der Waals surface area (Å²) < 4.78 is 31.5. The zero-order chi connectivity index (χ0) is 19.4. The summed E-state index contributed by atoms with van der Waals surface area (Å²) in [6, 6.07) is 12.2. The number of benzene rings is 2. The van der Waals surface area contributed by atoms with E-state index in [0.29, 0.717) is 12.0 Å². The van der Waals surface area contributed by atoms with E-state index in [1.165, 1.54) is 6.07 Å². The Balaban J connectivity index is 1.75. The molecule has 3 rings (SSSR count). The first-order valence-corrected chi connectivity index (χ1v) is 8.58. The highest BCUT2D eigenvalue weighted by Crippen LogP contribution is 2.22. The van der Waals surface area contributed by atoms with Gasteiger partial charge < -0.3 is 9.84 Å². The molecule has 0 bridgehead atoms. The van der Waals surface area contributed by atoms with Crippen molar-refractivity contribution in [2.45, 2.75) is 18.9 Å². The van der Waals surface area contributed by atoms with Gasteiger partial charge in [-0.25, -0.2) is 18.5 Å². The van der Waals surface area contributed by atoms with E-state index in [2.05, 4.69) is 0 Å². The number of nitrogens with zero attached hydrogens (tertiary/aromatic N) is 1. The van der Waals surface area contributed by atoms with Crippen molar-refractivity contribution in [1.29, 1.82) is 0 Å². The molecule has 142 valence electrons. The van der Waals surface area contributed by atoms with Gasteiger partial charge in [0.05, 0.1) is 18.6 Å². The standard InChI is InChI=1S/C20H19F2NO4/c21-17-7-6-14(10-18(17)22)8-15(11-24)19(25)23-16(12-27-20(23)26)9-13-4-2-1-3-5-13/h1-7,10,15-16,24H,8-9,11-12H2/t15-,16-/m1/s1. The second-order valence-electron chi connectivity index (χ2n) is 6.46. The molecule has 1 N–H and O–H groups in total. The number of rotatable bonds is 6. The zero-order valence-corrected chi connectivity index (χ0v) is 14.5. The second-order valence-corrected chi connectivity index (χ2v) is 6.46. The van der Waals surface area contributed by atoms with Gasteiger partial charge in [-0.15, -0.1) is 0 Å². The monoisotopic (exact) mass is 375 g/mol. The van der Waals surface area contributed by atoms with Crippen molar-refractivity contribution in [2.75, 3.05) is 13.2 Å². The molecular formula is C20H19F2NO4. The van der Waals surface area contributed by atoms with Crippen LogP contribution < -0.4 is 0 Å². The molecule has 1 saturated heterocycles. The van der Waals surface area contributed by atoms with Gasteiger partial charge in [-0.3, -0.25) is 4.79 Å². The Morgan fingerprint density at radius 2 is 1.89 bits per heavy atom. The normalized spacial score (nSPS) is 17.7. The number of carbonyl (C=O) groups is 2. The lowest BCUT2D eigenvalue weighted by Crippen LogP contribution is -2.45. The Morgan fingerprint density at radius 1 is 1.15 bits per heavy atom. The third-order valence-electron chi connectivity index (χ3n) is 4.55. The summed E-state index contributed by atoms with van der Waals surface area (Å²) in [4.78, 5) is 25.9.